The lowest BCUT2D eigenvalue weighted by Gasteiger charge is -2.19. The van der Waals surface area contributed by atoms with Gasteiger partial charge in [-0.3, -0.25) is 18.6 Å². The summed E-state index contributed by atoms with van der Waals surface area (Å²) in [4.78, 5) is 35.3. The standard InChI is InChI=1S/C73H128NO8P/c1-3-5-7-9-11-13-15-17-19-21-23-25-27-29-30-31-32-33-34-35-36-37-38-39-40-42-44-46-48-50-52-54-56-58-60-62-64-66-73(76)82-71(70-81-83(77,78)80-68-67-74)69-79-72(75)65-63-61-59-57-55-53-51-49-47-45-43-41-28-26-24-22-20-18-16-14-12-10-8-6-4-2/h5,7,11,13,16-19,22-25,28-30,32-33,41,71H,3-4,6,8-10,12,14-15,20-21,26-27,31,34-40,42-70,74H2,1-2H3,(H,77,78)/b7-5-,13-11-,18-16-,19-17-,24-22-,25-23-,30-29-,33-32-,41-28-. The average Bonchev–Trinajstić information content (AvgIpc) is 3.49. The molecule has 478 valence electrons. The van der Waals surface area contributed by atoms with Gasteiger partial charge in [-0.2, -0.15) is 0 Å². The maximum absolute atomic E-state index is 12.8. The maximum Gasteiger partial charge on any atom is 0.472 e. The van der Waals surface area contributed by atoms with Crippen LogP contribution in [0.15, 0.2) is 109 Å². The number of allylic oxidation sites excluding steroid dienone is 18. The number of carbonyl (C=O) groups is 2. The van der Waals surface area contributed by atoms with E-state index in [1.807, 2.05) is 0 Å². The summed E-state index contributed by atoms with van der Waals surface area (Å²) in [5, 5.41) is 0. The second-order valence-electron chi connectivity index (χ2n) is 22.7. The van der Waals surface area contributed by atoms with E-state index in [0.29, 0.717) is 6.42 Å². The Morgan fingerprint density at radius 2 is 0.663 bits per heavy atom. The van der Waals surface area contributed by atoms with Gasteiger partial charge < -0.3 is 20.1 Å². The number of phosphoric acid groups is 1. The lowest BCUT2D eigenvalue weighted by atomic mass is 10.0. The van der Waals surface area contributed by atoms with Crippen molar-refractivity contribution in [2.45, 2.75) is 315 Å². The van der Waals surface area contributed by atoms with E-state index in [-0.39, 0.29) is 38.6 Å². The van der Waals surface area contributed by atoms with Crippen molar-refractivity contribution in [1.29, 1.82) is 0 Å². The molecule has 0 aliphatic heterocycles. The molecule has 3 N–H and O–H groups in total. The Kier molecular flexibility index (Phi) is 65.1. The molecule has 10 heteroatoms. The minimum atomic E-state index is -4.40. The molecular formula is C73H128NO8P. The number of phosphoric ester groups is 1. The molecule has 0 amide bonds. The first-order valence-corrected chi connectivity index (χ1v) is 35.9. The summed E-state index contributed by atoms with van der Waals surface area (Å²) in [6.45, 7) is 3.64. The van der Waals surface area contributed by atoms with Crippen LogP contribution in [0.5, 0.6) is 0 Å². The van der Waals surface area contributed by atoms with Gasteiger partial charge >= 0.3 is 19.8 Å². The van der Waals surface area contributed by atoms with Crippen molar-refractivity contribution in [3.63, 3.8) is 0 Å². The van der Waals surface area contributed by atoms with Crippen LogP contribution in [0.1, 0.15) is 309 Å². The summed E-state index contributed by atoms with van der Waals surface area (Å²) in [5.41, 5.74) is 5.40. The van der Waals surface area contributed by atoms with Crippen molar-refractivity contribution in [2.24, 2.45) is 5.73 Å². The Bertz CT molecular complexity index is 1730. The number of hydrogen-bond donors (Lipinski definition) is 2. The zero-order valence-corrected chi connectivity index (χ0v) is 54.5. The average molecular weight is 1180 g/mol. The first-order chi connectivity index (χ1) is 40.8. The van der Waals surface area contributed by atoms with Gasteiger partial charge in [-0.15, -0.1) is 0 Å². The summed E-state index contributed by atoms with van der Waals surface area (Å²) in [6.07, 6.45) is 93.1. The fraction of sp³-hybridized carbons (Fsp3) is 0.726. The molecule has 0 radical (unpaired) electrons. The van der Waals surface area contributed by atoms with E-state index in [0.717, 1.165) is 89.9 Å². The molecule has 0 rings (SSSR count). The molecule has 0 saturated heterocycles. The predicted molar refractivity (Wildman–Crippen MR) is 358 cm³/mol. The highest BCUT2D eigenvalue weighted by molar-refractivity contribution is 7.47. The highest BCUT2D eigenvalue weighted by Crippen LogP contribution is 2.43. The van der Waals surface area contributed by atoms with Crippen LogP contribution in [0.2, 0.25) is 0 Å². The number of esters is 2. The summed E-state index contributed by atoms with van der Waals surface area (Å²) in [5.74, 6) is -0.825. The van der Waals surface area contributed by atoms with Gasteiger partial charge in [-0.05, 0) is 103 Å². The van der Waals surface area contributed by atoms with Crippen molar-refractivity contribution in [1.82, 2.24) is 0 Å². The fourth-order valence-corrected chi connectivity index (χ4v) is 10.4. The molecule has 0 spiro atoms. The van der Waals surface area contributed by atoms with E-state index in [4.69, 9.17) is 24.3 Å². The molecule has 2 unspecified atom stereocenters. The van der Waals surface area contributed by atoms with Crippen LogP contribution < -0.4 is 5.73 Å². The zero-order chi connectivity index (χ0) is 60.1. The van der Waals surface area contributed by atoms with Gasteiger partial charge in [0.25, 0.3) is 0 Å². The second kappa shape index (κ2) is 67.8. The molecule has 2 atom stereocenters. The Morgan fingerprint density at radius 1 is 0.373 bits per heavy atom. The lowest BCUT2D eigenvalue weighted by molar-refractivity contribution is -0.161. The number of rotatable bonds is 64. The molecule has 0 aliphatic carbocycles. The molecule has 9 nitrogen and oxygen atoms in total. The molecule has 0 aromatic heterocycles. The number of unbranched alkanes of at least 4 members (excludes halogenated alkanes) is 33. The summed E-state index contributed by atoms with van der Waals surface area (Å²) in [7, 11) is -4.40. The van der Waals surface area contributed by atoms with Crippen molar-refractivity contribution in [3.8, 4) is 0 Å². The smallest absolute Gasteiger partial charge is 0.462 e. The van der Waals surface area contributed by atoms with E-state index < -0.39 is 26.5 Å². The summed E-state index contributed by atoms with van der Waals surface area (Å²) in [6, 6.07) is 0. The summed E-state index contributed by atoms with van der Waals surface area (Å²) < 4.78 is 33.2. The molecule has 0 heterocycles. The molecule has 0 aliphatic rings. The van der Waals surface area contributed by atoms with Crippen LogP contribution in [0, 0.1) is 0 Å². The lowest BCUT2D eigenvalue weighted by Crippen LogP contribution is -2.29. The predicted octanol–water partition coefficient (Wildman–Crippen LogP) is 22.5. The Labute approximate surface area is 511 Å². The highest BCUT2D eigenvalue weighted by Gasteiger charge is 2.26. The van der Waals surface area contributed by atoms with E-state index in [1.54, 1.807) is 0 Å². The van der Waals surface area contributed by atoms with E-state index >= 15 is 0 Å². The van der Waals surface area contributed by atoms with Gasteiger partial charge in [0.1, 0.15) is 6.61 Å². The van der Waals surface area contributed by atoms with Gasteiger partial charge in [0.05, 0.1) is 13.2 Å². The number of hydrogen-bond acceptors (Lipinski definition) is 8. The Morgan fingerprint density at radius 3 is 0.988 bits per heavy atom. The van der Waals surface area contributed by atoms with Crippen molar-refractivity contribution in [2.75, 3.05) is 26.4 Å². The molecule has 0 bridgehead atoms. The highest BCUT2D eigenvalue weighted by atomic mass is 31.2. The number of nitrogens with two attached hydrogens (primary N) is 1. The van der Waals surface area contributed by atoms with Gasteiger partial charge in [0.15, 0.2) is 6.10 Å². The van der Waals surface area contributed by atoms with Crippen LogP contribution >= 0.6 is 7.82 Å². The normalized spacial score (nSPS) is 13.6. The topological polar surface area (TPSA) is 134 Å². The van der Waals surface area contributed by atoms with E-state index in [1.165, 1.54) is 186 Å². The Hall–Kier alpha value is -3.33. The van der Waals surface area contributed by atoms with Crippen molar-refractivity contribution in [3.05, 3.63) is 109 Å². The molecule has 0 aromatic carbocycles. The minimum Gasteiger partial charge on any atom is -0.462 e. The third kappa shape index (κ3) is 67.7. The maximum atomic E-state index is 12.8. The zero-order valence-electron chi connectivity index (χ0n) is 53.7. The van der Waals surface area contributed by atoms with Crippen LogP contribution in [0.25, 0.3) is 0 Å². The van der Waals surface area contributed by atoms with Crippen molar-refractivity contribution < 1.29 is 37.6 Å². The Balaban J connectivity index is 3.88. The van der Waals surface area contributed by atoms with Gasteiger partial charge in [-0.1, -0.05) is 303 Å². The number of carbonyl (C=O) groups excluding carboxylic acids is 2. The van der Waals surface area contributed by atoms with Crippen LogP contribution in [0.4, 0.5) is 0 Å². The molecule has 0 fully saturated rings. The van der Waals surface area contributed by atoms with Crippen LogP contribution in [0.3, 0.4) is 0 Å². The van der Waals surface area contributed by atoms with Crippen LogP contribution in [-0.4, -0.2) is 49.3 Å². The third-order valence-electron chi connectivity index (χ3n) is 14.6. The van der Waals surface area contributed by atoms with E-state index in [9.17, 15) is 19.0 Å². The minimum absolute atomic E-state index is 0.0501. The SMILES string of the molecule is CC/C=C\C/C=C\C/C=C\C/C=C\C/C=C\C/C=C\CCCCCCCCCCCCCCCCCCCCC(=O)OC(COC(=O)CCCCCCCCCCCC/C=C\C/C=C\C/C=C\CCCCCCC)COP(=O)(O)OCCN. The van der Waals surface area contributed by atoms with E-state index in [2.05, 4.69) is 123 Å². The fourth-order valence-electron chi connectivity index (χ4n) is 9.59. The molecule has 0 saturated carbocycles. The monoisotopic (exact) mass is 1180 g/mol. The summed E-state index contributed by atoms with van der Waals surface area (Å²) >= 11 is 0. The van der Waals surface area contributed by atoms with Gasteiger partial charge in [0.2, 0.25) is 0 Å². The van der Waals surface area contributed by atoms with Crippen LogP contribution in [-0.2, 0) is 32.7 Å². The quantitative estimate of drug-likeness (QED) is 0.0264. The van der Waals surface area contributed by atoms with Gasteiger partial charge in [0, 0.05) is 19.4 Å². The number of ether oxygens (including phenoxy) is 2. The van der Waals surface area contributed by atoms with Gasteiger partial charge in [-0.25, -0.2) is 4.57 Å². The first-order valence-electron chi connectivity index (χ1n) is 34.4. The van der Waals surface area contributed by atoms with Crippen molar-refractivity contribution >= 4 is 19.8 Å². The first kappa shape index (κ1) is 79.7. The molecule has 0 aromatic rings. The second-order valence-corrected chi connectivity index (χ2v) is 24.1. The third-order valence-corrected chi connectivity index (χ3v) is 15.6. The molecule has 83 heavy (non-hydrogen) atoms. The largest absolute Gasteiger partial charge is 0.472 e. The molecular weight excluding hydrogens is 1050 g/mol.